The van der Waals surface area contributed by atoms with E-state index in [1.54, 1.807) is 6.92 Å². The number of hydrogen-bond acceptors (Lipinski definition) is 1. The molecule has 0 radical (unpaired) electrons. The third-order valence-corrected chi connectivity index (χ3v) is 4.53. The smallest absolute Gasteiger partial charge is 0.217 e. The zero-order chi connectivity index (χ0) is 9.00. The van der Waals surface area contributed by atoms with Gasteiger partial charge >= 0.3 is 0 Å². The molecular weight excluding hydrogens is 162 g/mol. The van der Waals surface area contributed by atoms with E-state index in [1.165, 1.54) is 25.7 Å². The summed E-state index contributed by atoms with van der Waals surface area (Å²) in [6.45, 7) is 1.65. The Morgan fingerprint density at radius 1 is 1.23 bits per heavy atom. The van der Waals surface area contributed by atoms with E-state index >= 15 is 0 Å². The monoisotopic (exact) mass is 179 g/mol. The van der Waals surface area contributed by atoms with Crippen LogP contribution in [0.4, 0.5) is 0 Å². The molecule has 72 valence electrons. The van der Waals surface area contributed by atoms with E-state index < -0.39 is 0 Å². The van der Waals surface area contributed by atoms with Crippen LogP contribution in [0.15, 0.2) is 0 Å². The molecule has 0 aromatic heterocycles. The first-order valence-corrected chi connectivity index (χ1v) is 5.53. The average molecular weight is 179 g/mol. The summed E-state index contributed by atoms with van der Waals surface area (Å²) >= 11 is 0. The van der Waals surface area contributed by atoms with E-state index in [0.29, 0.717) is 6.04 Å². The molecule has 3 aliphatic rings. The SMILES string of the molecule is CC(=O)N[C@@H]1C[C@H]2C[C@@H]3CCC2[C@@H]31. The van der Waals surface area contributed by atoms with Crippen LogP contribution in [0.25, 0.3) is 0 Å². The molecule has 0 spiro atoms. The summed E-state index contributed by atoms with van der Waals surface area (Å²) in [7, 11) is 0. The summed E-state index contributed by atoms with van der Waals surface area (Å²) in [5.41, 5.74) is 0. The molecule has 0 heterocycles. The minimum absolute atomic E-state index is 0.164. The van der Waals surface area contributed by atoms with Gasteiger partial charge in [0, 0.05) is 13.0 Å². The van der Waals surface area contributed by atoms with Crippen LogP contribution in [0.1, 0.15) is 32.6 Å². The minimum Gasteiger partial charge on any atom is -0.353 e. The second kappa shape index (κ2) is 2.49. The summed E-state index contributed by atoms with van der Waals surface area (Å²) in [6, 6.07) is 0.536. The van der Waals surface area contributed by atoms with Crippen molar-refractivity contribution in [3.63, 3.8) is 0 Å². The summed E-state index contributed by atoms with van der Waals surface area (Å²) < 4.78 is 0. The second-order valence-electron chi connectivity index (χ2n) is 5.12. The normalized spacial score (nSPS) is 51.3. The van der Waals surface area contributed by atoms with Crippen LogP contribution in [0, 0.1) is 23.7 Å². The molecule has 3 aliphatic carbocycles. The number of amides is 1. The van der Waals surface area contributed by atoms with E-state index in [4.69, 9.17) is 0 Å². The quantitative estimate of drug-likeness (QED) is 0.650. The molecule has 3 saturated carbocycles. The first-order chi connectivity index (χ1) is 6.25. The predicted molar refractivity (Wildman–Crippen MR) is 50.0 cm³/mol. The Morgan fingerprint density at radius 2 is 2.08 bits per heavy atom. The van der Waals surface area contributed by atoms with Crippen molar-refractivity contribution in [3.05, 3.63) is 0 Å². The number of nitrogens with one attached hydrogen (secondary N) is 1. The molecule has 1 N–H and O–H groups in total. The van der Waals surface area contributed by atoms with Crippen molar-refractivity contribution in [1.82, 2.24) is 5.32 Å². The van der Waals surface area contributed by atoms with Crippen LogP contribution in [0.3, 0.4) is 0 Å². The zero-order valence-corrected chi connectivity index (χ0v) is 8.12. The van der Waals surface area contributed by atoms with E-state index in [-0.39, 0.29) is 5.91 Å². The predicted octanol–water partition coefficient (Wildman–Crippen LogP) is 1.56. The van der Waals surface area contributed by atoms with Gasteiger partial charge in [-0.25, -0.2) is 0 Å². The standard InChI is InChI=1S/C11H17NO/c1-6(13)12-10-5-8-4-7-2-3-9(8)11(7)10/h7-11H,2-5H2,1H3,(H,12,13)/t7-,8+,9?,10+,11+/m0/s1. The summed E-state index contributed by atoms with van der Waals surface area (Å²) in [6.07, 6.45) is 5.61. The third kappa shape index (κ3) is 0.976. The van der Waals surface area contributed by atoms with Gasteiger partial charge in [0.2, 0.25) is 5.91 Å². The molecule has 0 aliphatic heterocycles. The molecule has 0 saturated heterocycles. The minimum atomic E-state index is 0.164. The Bertz CT molecular complexity index is 250. The Balaban J connectivity index is 1.77. The molecule has 3 rings (SSSR count). The van der Waals surface area contributed by atoms with Gasteiger partial charge in [0.1, 0.15) is 0 Å². The molecule has 3 fully saturated rings. The highest BCUT2D eigenvalue weighted by Gasteiger charge is 2.56. The van der Waals surface area contributed by atoms with Gasteiger partial charge in [-0.1, -0.05) is 0 Å². The molecule has 4 bridgehead atoms. The fourth-order valence-corrected chi connectivity index (χ4v) is 4.33. The van der Waals surface area contributed by atoms with Gasteiger partial charge in [-0.2, -0.15) is 0 Å². The fraction of sp³-hybridized carbons (Fsp3) is 0.909. The first kappa shape index (κ1) is 7.84. The first-order valence-electron chi connectivity index (χ1n) is 5.53. The molecule has 13 heavy (non-hydrogen) atoms. The highest BCUT2D eigenvalue weighted by molar-refractivity contribution is 5.73. The van der Waals surface area contributed by atoms with E-state index in [1.807, 2.05) is 0 Å². The van der Waals surface area contributed by atoms with Crippen molar-refractivity contribution in [2.24, 2.45) is 23.7 Å². The molecule has 0 aromatic rings. The largest absolute Gasteiger partial charge is 0.353 e. The number of rotatable bonds is 1. The molecule has 0 aromatic carbocycles. The molecule has 2 heteroatoms. The van der Waals surface area contributed by atoms with Crippen molar-refractivity contribution in [2.75, 3.05) is 0 Å². The lowest BCUT2D eigenvalue weighted by molar-refractivity contribution is -0.120. The van der Waals surface area contributed by atoms with E-state index in [9.17, 15) is 4.79 Å². The maximum Gasteiger partial charge on any atom is 0.217 e. The molecular formula is C11H17NO. The van der Waals surface area contributed by atoms with E-state index in [0.717, 1.165) is 23.7 Å². The van der Waals surface area contributed by atoms with E-state index in [2.05, 4.69) is 5.32 Å². The van der Waals surface area contributed by atoms with Crippen LogP contribution in [0.2, 0.25) is 0 Å². The highest BCUT2D eigenvalue weighted by atomic mass is 16.1. The lowest BCUT2D eigenvalue weighted by Crippen LogP contribution is -2.39. The summed E-state index contributed by atoms with van der Waals surface area (Å²) in [5, 5.41) is 3.14. The van der Waals surface area contributed by atoms with Gasteiger partial charge in [0.25, 0.3) is 0 Å². The maximum atomic E-state index is 11.0. The zero-order valence-electron chi connectivity index (χ0n) is 8.12. The third-order valence-electron chi connectivity index (χ3n) is 4.53. The summed E-state index contributed by atoms with van der Waals surface area (Å²) in [5.74, 6) is 3.91. The maximum absolute atomic E-state index is 11.0. The molecule has 1 unspecified atom stereocenters. The van der Waals surface area contributed by atoms with Crippen LogP contribution < -0.4 is 5.32 Å². The lowest BCUT2D eigenvalue weighted by Gasteiger charge is -2.28. The Morgan fingerprint density at radius 3 is 2.69 bits per heavy atom. The number of carbonyl (C=O) groups excluding carboxylic acids is 1. The van der Waals surface area contributed by atoms with Crippen molar-refractivity contribution in [1.29, 1.82) is 0 Å². The Hall–Kier alpha value is -0.530. The lowest BCUT2D eigenvalue weighted by atomic mass is 9.83. The highest BCUT2D eigenvalue weighted by Crippen LogP contribution is 2.60. The topological polar surface area (TPSA) is 29.1 Å². The second-order valence-corrected chi connectivity index (χ2v) is 5.12. The molecule has 1 amide bonds. The number of hydrogen-bond donors (Lipinski definition) is 1. The van der Waals surface area contributed by atoms with Crippen LogP contribution >= 0.6 is 0 Å². The fourth-order valence-electron chi connectivity index (χ4n) is 4.33. The van der Waals surface area contributed by atoms with Crippen LogP contribution in [-0.2, 0) is 4.79 Å². The van der Waals surface area contributed by atoms with Crippen LogP contribution in [-0.4, -0.2) is 11.9 Å². The Labute approximate surface area is 79.1 Å². The van der Waals surface area contributed by atoms with Gasteiger partial charge < -0.3 is 5.32 Å². The van der Waals surface area contributed by atoms with Crippen molar-refractivity contribution >= 4 is 5.91 Å². The van der Waals surface area contributed by atoms with Gasteiger partial charge in [-0.3, -0.25) is 4.79 Å². The van der Waals surface area contributed by atoms with Gasteiger partial charge in [-0.05, 0) is 49.4 Å². The summed E-state index contributed by atoms with van der Waals surface area (Å²) in [4.78, 5) is 11.0. The number of carbonyl (C=O) groups is 1. The average Bonchev–Trinajstić information content (AvgIpc) is 2.66. The van der Waals surface area contributed by atoms with Crippen molar-refractivity contribution < 1.29 is 4.79 Å². The molecule has 2 nitrogen and oxygen atoms in total. The van der Waals surface area contributed by atoms with Crippen molar-refractivity contribution in [3.8, 4) is 0 Å². The Kier molecular flexibility index (Phi) is 1.50. The molecule has 5 atom stereocenters. The van der Waals surface area contributed by atoms with Gasteiger partial charge in [0.15, 0.2) is 0 Å². The van der Waals surface area contributed by atoms with Crippen molar-refractivity contribution in [2.45, 2.75) is 38.6 Å². The van der Waals surface area contributed by atoms with Crippen LogP contribution in [0.5, 0.6) is 0 Å². The van der Waals surface area contributed by atoms with Gasteiger partial charge in [-0.15, -0.1) is 0 Å². The van der Waals surface area contributed by atoms with Gasteiger partial charge in [0.05, 0.1) is 0 Å².